The first-order valence-electron chi connectivity index (χ1n) is 6.12. The average Bonchev–Trinajstić information content (AvgIpc) is 2.44. The van der Waals surface area contributed by atoms with Crippen LogP contribution in [0.15, 0.2) is 29.4 Å². The Balaban J connectivity index is 2.44. The minimum absolute atomic E-state index is 0.00942. The molecule has 0 saturated carbocycles. The normalized spacial score (nSPS) is 11.4. The third-order valence-corrected chi connectivity index (χ3v) is 2.20. The highest BCUT2D eigenvalue weighted by molar-refractivity contribution is 5.91. The lowest BCUT2D eigenvalue weighted by Crippen LogP contribution is -2.21. The van der Waals surface area contributed by atoms with Crippen LogP contribution in [0.5, 0.6) is 5.75 Å². The molecule has 20 heavy (non-hydrogen) atoms. The van der Waals surface area contributed by atoms with Crippen molar-refractivity contribution in [1.29, 1.82) is 0 Å². The molecule has 7 nitrogen and oxygen atoms in total. The van der Waals surface area contributed by atoms with Crippen LogP contribution in [-0.4, -0.2) is 36.3 Å². The third kappa shape index (κ3) is 6.05. The minimum atomic E-state index is -0.218. The van der Waals surface area contributed by atoms with Crippen LogP contribution in [-0.2, 0) is 9.53 Å². The van der Waals surface area contributed by atoms with E-state index in [0.29, 0.717) is 11.4 Å². The van der Waals surface area contributed by atoms with Gasteiger partial charge in [0, 0.05) is 5.69 Å². The van der Waals surface area contributed by atoms with Gasteiger partial charge in [-0.15, -0.1) is 0 Å². The Morgan fingerprint density at radius 2 is 2.00 bits per heavy atom. The van der Waals surface area contributed by atoms with Crippen LogP contribution >= 0.6 is 0 Å². The molecule has 0 aliphatic rings. The first kappa shape index (κ1) is 15.8. The molecule has 0 radical (unpaired) electrons. The van der Waals surface area contributed by atoms with Gasteiger partial charge in [0.1, 0.15) is 19.0 Å². The van der Waals surface area contributed by atoms with E-state index in [-0.39, 0.29) is 31.1 Å². The zero-order chi connectivity index (χ0) is 15.0. The molecule has 0 aromatic heterocycles. The molecule has 0 fully saturated rings. The molecule has 0 unspecified atom stereocenters. The van der Waals surface area contributed by atoms with Crippen molar-refractivity contribution in [2.45, 2.75) is 20.0 Å². The second kappa shape index (κ2) is 8.00. The first-order chi connectivity index (χ1) is 9.51. The van der Waals surface area contributed by atoms with Crippen LogP contribution in [0.25, 0.3) is 0 Å². The monoisotopic (exact) mass is 281 g/mol. The van der Waals surface area contributed by atoms with E-state index < -0.39 is 0 Å². The maximum atomic E-state index is 11.5. The molecule has 0 heterocycles. The van der Waals surface area contributed by atoms with Crippen LogP contribution in [0.1, 0.15) is 13.8 Å². The first-order valence-corrected chi connectivity index (χ1v) is 6.12. The van der Waals surface area contributed by atoms with E-state index in [2.05, 4.69) is 10.5 Å². The fourth-order valence-corrected chi connectivity index (χ4v) is 1.26. The third-order valence-electron chi connectivity index (χ3n) is 2.20. The van der Waals surface area contributed by atoms with E-state index in [4.69, 9.17) is 20.4 Å². The van der Waals surface area contributed by atoms with Gasteiger partial charge in [-0.2, -0.15) is 0 Å². The van der Waals surface area contributed by atoms with Crippen molar-refractivity contribution in [1.82, 2.24) is 0 Å². The van der Waals surface area contributed by atoms with Crippen LogP contribution in [0, 0.1) is 0 Å². The average molecular weight is 281 g/mol. The highest BCUT2D eigenvalue weighted by atomic mass is 16.5. The number of ether oxygens (including phenoxy) is 2. The summed E-state index contributed by atoms with van der Waals surface area (Å²) in [5.74, 6) is 0.310. The Morgan fingerprint density at radius 1 is 1.35 bits per heavy atom. The smallest absolute Gasteiger partial charge is 0.250 e. The summed E-state index contributed by atoms with van der Waals surface area (Å²) in [4.78, 5) is 11.5. The number of carbonyl (C=O) groups is 1. The van der Waals surface area contributed by atoms with E-state index in [1.165, 1.54) is 0 Å². The van der Waals surface area contributed by atoms with Gasteiger partial charge < -0.3 is 25.7 Å². The quantitative estimate of drug-likeness (QED) is 0.301. The molecule has 1 aromatic rings. The lowest BCUT2D eigenvalue weighted by atomic mass is 10.3. The number of amidine groups is 1. The number of hydrogen-bond donors (Lipinski definition) is 3. The van der Waals surface area contributed by atoms with Gasteiger partial charge in [-0.1, -0.05) is 5.16 Å². The number of rotatable bonds is 7. The predicted molar refractivity (Wildman–Crippen MR) is 75.1 cm³/mol. The fraction of sp³-hybridized carbons (Fsp3) is 0.385. The Hall–Kier alpha value is -2.28. The van der Waals surface area contributed by atoms with E-state index >= 15 is 0 Å². The van der Waals surface area contributed by atoms with Crippen molar-refractivity contribution in [3.63, 3.8) is 0 Å². The van der Waals surface area contributed by atoms with Gasteiger partial charge in [0.2, 0.25) is 5.91 Å². The molecule has 1 rings (SSSR count). The lowest BCUT2D eigenvalue weighted by Gasteiger charge is -2.09. The molecule has 4 N–H and O–H groups in total. The van der Waals surface area contributed by atoms with Gasteiger partial charge in [0.25, 0.3) is 0 Å². The summed E-state index contributed by atoms with van der Waals surface area (Å²) in [6.07, 6.45) is 0.00942. The van der Waals surface area contributed by atoms with E-state index in [1.54, 1.807) is 24.3 Å². The molecule has 0 saturated heterocycles. The largest absolute Gasteiger partial charge is 0.486 e. The van der Waals surface area contributed by atoms with Gasteiger partial charge in [-0.3, -0.25) is 4.79 Å². The number of nitrogens with two attached hydrogens (primary N) is 1. The number of hydrogen-bond acceptors (Lipinski definition) is 5. The number of nitrogens with one attached hydrogen (secondary N) is 1. The Bertz CT molecular complexity index is 457. The molecule has 0 spiro atoms. The highest BCUT2D eigenvalue weighted by Crippen LogP contribution is 2.15. The summed E-state index contributed by atoms with van der Waals surface area (Å²) in [6, 6.07) is 6.72. The number of oxime groups is 1. The molecule has 0 aliphatic carbocycles. The van der Waals surface area contributed by atoms with Crippen molar-refractivity contribution in [2.75, 3.05) is 18.5 Å². The van der Waals surface area contributed by atoms with Crippen molar-refractivity contribution in [2.24, 2.45) is 10.9 Å². The lowest BCUT2D eigenvalue weighted by molar-refractivity contribution is -0.121. The molecule has 1 amide bonds. The topological polar surface area (TPSA) is 106 Å². The van der Waals surface area contributed by atoms with E-state index in [0.717, 1.165) is 0 Å². The number of anilines is 1. The molecular formula is C13H19N3O4. The summed E-state index contributed by atoms with van der Waals surface area (Å²) < 4.78 is 10.4. The number of carbonyl (C=O) groups excluding carboxylic acids is 1. The highest BCUT2D eigenvalue weighted by Gasteiger charge is 2.04. The SMILES string of the molecule is CC(C)OCC(=O)Nc1ccc(OC/C(N)=N/O)cc1. The molecule has 1 aromatic carbocycles. The van der Waals surface area contributed by atoms with Crippen LogP contribution in [0.2, 0.25) is 0 Å². The summed E-state index contributed by atoms with van der Waals surface area (Å²) in [5.41, 5.74) is 5.92. The number of benzene rings is 1. The zero-order valence-electron chi connectivity index (χ0n) is 11.5. The number of nitrogens with zero attached hydrogens (tertiary/aromatic N) is 1. The number of amides is 1. The zero-order valence-corrected chi connectivity index (χ0v) is 11.5. The fourth-order valence-electron chi connectivity index (χ4n) is 1.26. The minimum Gasteiger partial charge on any atom is -0.486 e. The standard InChI is InChI=1S/C13H19N3O4/c1-9(2)19-8-13(17)15-10-3-5-11(6-4-10)20-7-12(14)16-18/h3-6,9,18H,7-8H2,1-2H3,(H2,14,16)(H,15,17). The van der Waals surface area contributed by atoms with Crippen molar-refractivity contribution >= 4 is 17.4 Å². The van der Waals surface area contributed by atoms with Gasteiger partial charge in [0.05, 0.1) is 6.10 Å². The predicted octanol–water partition coefficient (Wildman–Crippen LogP) is 1.18. The van der Waals surface area contributed by atoms with Crippen molar-refractivity contribution < 1.29 is 19.5 Å². The summed E-state index contributed by atoms with van der Waals surface area (Å²) >= 11 is 0. The van der Waals surface area contributed by atoms with Gasteiger partial charge in [0.15, 0.2) is 5.84 Å². The van der Waals surface area contributed by atoms with E-state index in [9.17, 15) is 4.79 Å². The molecule has 7 heteroatoms. The molecule has 0 atom stereocenters. The van der Waals surface area contributed by atoms with Crippen LogP contribution in [0.3, 0.4) is 0 Å². The molecule has 0 aliphatic heterocycles. The van der Waals surface area contributed by atoms with Crippen LogP contribution in [0.4, 0.5) is 5.69 Å². The summed E-state index contributed by atoms with van der Waals surface area (Å²) in [7, 11) is 0. The molecule has 0 bridgehead atoms. The van der Waals surface area contributed by atoms with Crippen molar-refractivity contribution in [3.05, 3.63) is 24.3 Å². The Morgan fingerprint density at radius 3 is 2.55 bits per heavy atom. The summed E-state index contributed by atoms with van der Waals surface area (Å²) in [6.45, 7) is 3.73. The van der Waals surface area contributed by atoms with E-state index in [1.807, 2.05) is 13.8 Å². The molecular weight excluding hydrogens is 262 g/mol. The van der Waals surface area contributed by atoms with Gasteiger partial charge in [-0.05, 0) is 38.1 Å². The van der Waals surface area contributed by atoms with Crippen molar-refractivity contribution in [3.8, 4) is 5.75 Å². The summed E-state index contributed by atoms with van der Waals surface area (Å²) in [5, 5.41) is 13.9. The van der Waals surface area contributed by atoms with Gasteiger partial charge in [-0.25, -0.2) is 0 Å². The second-order valence-corrected chi connectivity index (χ2v) is 4.31. The molecule has 110 valence electrons. The maximum absolute atomic E-state index is 11.5. The second-order valence-electron chi connectivity index (χ2n) is 4.31. The van der Waals surface area contributed by atoms with Gasteiger partial charge >= 0.3 is 0 Å². The Labute approximate surface area is 117 Å². The van der Waals surface area contributed by atoms with Crippen LogP contribution < -0.4 is 15.8 Å². The Kier molecular flexibility index (Phi) is 6.31. The maximum Gasteiger partial charge on any atom is 0.250 e.